The van der Waals surface area contributed by atoms with Crippen molar-refractivity contribution in [1.82, 2.24) is 9.55 Å². The lowest BCUT2D eigenvalue weighted by Gasteiger charge is -2.30. The standard InChI is InChI=1S/C52H57N5/c1-35-36(2)55(44-29-38(51(6,7)8)28-39(30-44)52(9,10)11)34-54(35)41-20-17-21-42(32-41)56(40-18-13-12-14-19-40)43-24-25-46-45-22-15-16-23-47(45)57(48(46)33-43)49-31-37(26-27-53-49)50(3,4)5/h12-33H,34H2,1-11H3. The minimum absolute atomic E-state index is 0.00101. The Morgan fingerprint density at radius 1 is 0.474 bits per heavy atom. The van der Waals surface area contributed by atoms with E-state index in [9.17, 15) is 0 Å². The first-order valence-electron chi connectivity index (χ1n) is 20.3. The number of nitrogens with zero attached hydrogens (tertiary/aromatic N) is 5. The summed E-state index contributed by atoms with van der Waals surface area (Å²) in [6.07, 6.45) is 1.95. The SMILES string of the molecule is CC1=C(C)N(c2cc(C(C)(C)C)cc(C(C)(C)C)c2)CN1c1cccc(N(c2ccccc2)c2ccc3c4ccccc4n(-c4cc(C(C)(C)C)ccn4)c3c2)c1. The molecule has 0 bridgehead atoms. The van der Waals surface area contributed by atoms with Gasteiger partial charge in [0.15, 0.2) is 0 Å². The van der Waals surface area contributed by atoms with Gasteiger partial charge in [-0.3, -0.25) is 4.57 Å². The Labute approximate surface area is 339 Å². The molecule has 0 spiro atoms. The number of allylic oxidation sites excluding steroid dienone is 2. The number of hydrogen-bond donors (Lipinski definition) is 0. The fraction of sp³-hybridized carbons (Fsp3) is 0.288. The lowest BCUT2D eigenvalue weighted by molar-refractivity contribution is 0.568. The summed E-state index contributed by atoms with van der Waals surface area (Å²) in [5.41, 5.74) is 14.6. The molecule has 0 saturated heterocycles. The summed E-state index contributed by atoms with van der Waals surface area (Å²) in [6.45, 7) is 25.9. The van der Waals surface area contributed by atoms with Crippen molar-refractivity contribution < 1.29 is 0 Å². The molecule has 5 aromatic carbocycles. The molecule has 2 aromatic heterocycles. The fourth-order valence-corrected chi connectivity index (χ4v) is 8.10. The molecule has 3 heterocycles. The quantitative estimate of drug-likeness (QED) is 0.169. The predicted molar refractivity (Wildman–Crippen MR) is 244 cm³/mol. The number of fused-ring (bicyclic) bond motifs is 3. The van der Waals surface area contributed by atoms with Crippen molar-refractivity contribution >= 4 is 50.2 Å². The van der Waals surface area contributed by atoms with Crippen LogP contribution in [0.2, 0.25) is 0 Å². The van der Waals surface area contributed by atoms with Crippen LogP contribution in [0.15, 0.2) is 145 Å². The number of benzene rings is 5. The minimum Gasteiger partial charge on any atom is -0.325 e. The van der Waals surface area contributed by atoms with E-state index in [0.29, 0.717) is 0 Å². The second kappa shape index (κ2) is 14.0. The Bertz CT molecular complexity index is 2610. The Kier molecular flexibility index (Phi) is 9.34. The predicted octanol–water partition coefficient (Wildman–Crippen LogP) is 14.1. The van der Waals surface area contributed by atoms with Crippen molar-refractivity contribution in [2.45, 2.75) is 92.4 Å². The van der Waals surface area contributed by atoms with Gasteiger partial charge in [0.1, 0.15) is 5.82 Å². The van der Waals surface area contributed by atoms with Gasteiger partial charge in [-0.25, -0.2) is 4.98 Å². The van der Waals surface area contributed by atoms with Crippen LogP contribution >= 0.6 is 0 Å². The van der Waals surface area contributed by atoms with Gasteiger partial charge in [-0.05, 0) is 120 Å². The average Bonchev–Trinajstić information content (AvgIpc) is 3.67. The molecule has 0 amide bonds. The maximum Gasteiger partial charge on any atom is 0.137 e. The Balaban J connectivity index is 1.23. The highest BCUT2D eigenvalue weighted by molar-refractivity contribution is 6.10. The molecule has 0 aliphatic carbocycles. The maximum absolute atomic E-state index is 4.95. The van der Waals surface area contributed by atoms with Crippen LogP contribution < -0.4 is 14.7 Å². The van der Waals surface area contributed by atoms with Gasteiger partial charge in [-0.2, -0.15) is 0 Å². The van der Waals surface area contributed by atoms with Crippen LogP contribution in [0.4, 0.5) is 28.4 Å². The van der Waals surface area contributed by atoms with Crippen molar-refractivity contribution in [3.63, 3.8) is 0 Å². The molecule has 5 heteroatoms. The summed E-state index contributed by atoms with van der Waals surface area (Å²) in [4.78, 5) is 12.3. The van der Waals surface area contributed by atoms with Gasteiger partial charge >= 0.3 is 0 Å². The normalized spacial score (nSPS) is 14.0. The van der Waals surface area contributed by atoms with Gasteiger partial charge in [0, 0.05) is 56.8 Å². The van der Waals surface area contributed by atoms with Gasteiger partial charge in [-0.1, -0.05) is 117 Å². The van der Waals surface area contributed by atoms with E-state index in [1.165, 1.54) is 44.5 Å². The summed E-state index contributed by atoms with van der Waals surface area (Å²) in [7, 11) is 0. The molecular weight excluding hydrogens is 695 g/mol. The number of pyridine rings is 1. The molecule has 0 saturated carbocycles. The molecule has 5 nitrogen and oxygen atoms in total. The van der Waals surface area contributed by atoms with Gasteiger partial charge < -0.3 is 14.7 Å². The van der Waals surface area contributed by atoms with Crippen LogP contribution in [-0.4, -0.2) is 16.2 Å². The Morgan fingerprint density at radius 2 is 1.05 bits per heavy atom. The molecule has 7 aromatic rings. The molecule has 1 aliphatic rings. The van der Waals surface area contributed by atoms with Crippen LogP contribution in [0.1, 0.15) is 92.9 Å². The number of hydrogen-bond acceptors (Lipinski definition) is 4. The first kappa shape index (κ1) is 38.1. The minimum atomic E-state index is 0.00101. The van der Waals surface area contributed by atoms with E-state index in [-0.39, 0.29) is 16.2 Å². The fourth-order valence-electron chi connectivity index (χ4n) is 8.10. The van der Waals surface area contributed by atoms with Crippen LogP contribution in [-0.2, 0) is 16.2 Å². The first-order valence-corrected chi connectivity index (χ1v) is 20.3. The molecule has 57 heavy (non-hydrogen) atoms. The third-order valence-electron chi connectivity index (χ3n) is 11.7. The van der Waals surface area contributed by atoms with Crippen LogP contribution in [0.5, 0.6) is 0 Å². The van der Waals surface area contributed by atoms with E-state index in [1.54, 1.807) is 0 Å². The summed E-state index contributed by atoms with van der Waals surface area (Å²) < 4.78 is 2.33. The largest absolute Gasteiger partial charge is 0.325 e. The highest BCUT2D eigenvalue weighted by Crippen LogP contribution is 2.43. The Hall–Kier alpha value is -5.81. The third-order valence-corrected chi connectivity index (χ3v) is 11.7. The molecular formula is C52H57N5. The lowest BCUT2D eigenvalue weighted by Crippen LogP contribution is -2.28. The molecule has 290 valence electrons. The monoisotopic (exact) mass is 751 g/mol. The lowest BCUT2D eigenvalue weighted by atomic mass is 9.80. The zero-order valence-corrected chi connectivity index (χ0v) is 35.6. The highest BCUT2D eigenvalue weighted by Gasteiger charge is 2.29. The molecule has 1 aliphatic heterocycles. The smallest absolute Gasteiger partial charge is 0.137 e. The molecule has 0 N–H and O–H groups in total. The number of para-hydroxylation sites is 2. The topological polar surface area (TPSA) is 27.5 Å². The summed E-state index contributed by atoms with van der Waals surface area (Å²) in [5.74, 6) is 0.929. The maximum atomic E-state index is 4.95. The van der Waals surface area contributed by atoms with E-state index in [4.69, 9.17) is 4.98 Å². The van der Waals surface area contributed by atoms with Crippen LogP contribution in [0.25, 0.3) is 27.6 Å². The number of aromatic nitrogens is 2. The molecule has 0 fully saturated rings. The summed E-state index contributed by atoms with van der Waals surface area (Å²) >= 11 is 0. The number of anilines is 5. The van der Waals surface area contributed by atoms with E-state index in [1.807, 2.05) is 6.20 Å². The molecule has 0 atom stereocenters. The van der Waals surface area contributed by atoms with Crippen molar-refractivity contribution in [1.29, 1.82) is 0 Å². The van der Waals surface area contributed by atoms with E-state index >= 15 is 0 Å². The average molecular weight is 752 g/mol. The van der Waals surface area contributed by atoms with Crippen molar-refractivity contribution in [3.8, 4) is 5.82 Å². The van der Waals surface area contributed by atoms with Gasteiger partial charge in [-0.15, -0.1) is 0 Å². The van der Waals surface area contributed by atoms with Crippen molar-refractivity contribution in [3.05, 3.63) is 162 Å². The second-order valence-corrected chi connectivity index (χ2v) is 18.8. The highest BCUT2D eigenvalue weighted by atomic mass is 15.4. The zero-order chi connectivity index (χ0) is 40.4. The molecule has 8 rings (SSSR count). The molecule has 0 radical (unpaired) electrons. The van der Waals surface area contributed by atoms with Crippen LogP contribution in [0, 0.1) is 0 Å². The van der Waals surface area contributed by atoms with E-state index < -0.39 is 0 Å². The van der Waals surface area contributed by atoms with E-state index in [0.717, 1.165) is 46.3 Å². The van der Waals surface area contributed by atoms with E-state index in [2.05, 4.69) is 223 Å². The molecule has 0 unspecified atom stereocenters. The zero-order valence-electron chi connectivity index (χ0n) is 35.6. The van der Waals surface area contributed by atoms with Crippen molar-refractivity contribution in [2.24, 2.45) is 0 Å². The van der Waals surface area contributed by atoms with Crippen molar-refractivity contribution in [2.75, 3.05) is 21.4 Å². The van der Waals surface area contributed by atoms with Gasteiger partial charge in [0.05, 0.1) is 17.7 Å². The Morgan fingerprint density at radius 3 is 1.72 bits per heavy atom. The summed E-state index contributed by atoms with van der Waals surface area (Å²) in [5, 5.41) is 2.42. The van der Waals surface area contributed by atoms with Gasteiger partial charge in [0.2, 0.25) is 0 Å². The van der Waals surface area contributed by atoms with Gasteiger partial charge in [0.25, 0.3) is 0 Å². The number of rotatable bonds is 6. The van der Waals surface area contributed by atoms with Crippen LogP contribution in [0.3, 0.4) is 0 Å². The summed E-state index contributed by atoms with van der Waals surface area (Å²) in [6, 6.07) is 46.9. The first-order chi connectivity index (χ1) is 27.0. The second-order valence-electron chi connectivity index (χ2n) is 18.8. The third kappa shape index (κ3) is 7.09.